The van der Waals surface area contributed by atoms with Crippen LogP contribution in [0.25, 0.3) is 0 Å². The predicted molar refractivity (Wildman–Crippen MR) is 97.7 cm³/mol. The van der Waals surface area contributed by atoms with E-state index >= 15 is 0 Å². The van der Waals surface area contributed by atoms with Gasteiger partial charge in [0, 0.05) is 5.69 Å². The Morgan fingerprint density at radius 2 is 2.00 bits per heavy atom. The highest BCUT2D eigenvalue weighted by atomic mass is 16.5. The molecule has 0 radical (unpaired) electrons. The minimum Gasteiger partial charge on any atom is -0.491 e. The van der Waals surface area contributed by atoms with Gasteiger partial charge in [0.1, 0.15) is 11.6 Å². The van der Waals surface area contributed by atoms with Crippen LogP contribution in [-0.4, -0.2) is 34.8 Å². The maximum Gasteiger partial charge on any atom is 0.335 e. The minimum atomic E-state index is -0.982. The van der Waals surface area contributed by atoms with E-state index in [4.69, 9.17) is 19.0 Å². The van der Waals surface area contributed by atoms with Crippen molar-refractivity contribution in [2.75, 3.05) is 18.6 Å². The SMILES string of the molecule is CCOc1nc(N(Cc2cnco2)c2ccc(C(=O)O)cc2)ccc1OC. The summed E-state index contributed by atoms with van der Waals surface area (Å²) < 4.78 is 16.2. The summed E-state index contributed by atoms with van der Waals surface area (Å²) in [5, 5.41) is 9.11. The monoisotopic (exact) mass is 369 g/mol. The van der Waals surface area contributed by atoms with E-state index in [9.17, 15) is 4.79 Å². The van der Waals surface area contributed by atoms with Crippen LogP contribution in [0.4, 0.5) is 11.5 Å². The second kappa shape index (κ2) is 8.22. The van der Waals surface area contributed by atoms with E-state index in [2.05, 4.69) is 9.97 Å². The number of carboxylic acid groups (broad SMARTS) is 1. The van der Waals surface area contributed by atoms with Crippen molar-refractivity contribution in [3.63, 3.8) is 0 Å². The van der Waals surface area contributed by atoms with Crippen LogP contribution in [0.1, 0.15) is 23.0 Å². The lowest BCUT2D eigenvalue weighted by molar-refractivity contribution is 0.0697. The molecule has 0 saturated carbocycles. The Morgan fingerprint density at radius 1 is 1.22 bits per heavy atom. The highest BCUT2D eigenvalue weighted by Crippen LogP contribution is 2.32. The molecule has 0 saturated heterocycles. The lowest BCUT2D eigenvalue weighted by atomic mass is 10.2. The number of carbonyl (C=O) groups is 1. The van der Waals surface area contributed by atoms with Gasteiger partial charge in [-0.05, 0) is 43.3 Å². The van der Waals surface area contributed by atoms with Crippen LogP contribution in [0.2, 0.25) is 0 Å². The van der Waals surface area contributed by atoms with Crippen LogP contribution in [0.5, 0.6) is 11.6 Å². The van der Waals surface area contributed by atoms with E-state index in [1.54, 1.807) is 37.6 Å². The number of hydrogen-bond donors (Lipinski definition) is 1. The molecule has 8 heteroatoms. The number of nitrogens with zero attached hydrogens (tertiary/aromatic N) is 3. The molecule has 0 unspecified atom stereocenters. The van der Waals surface area contributed by atoms with Crippen LogP contribution >= 0.6 is 0 Å². The van der Waals surface area contributed by atoms with Crippen LogP contribution in [-0.2, 0) is 6.54 Å². The fourth-order valence-corrected chi connectivity index (χ4v) is 2.53. The Kier molecular flexibility index (Phi) is 5.55. The summed E-state index contributed by atoms with van der Waals surface area (Å²) in [4.78, 5) is 21.5. The second-order valence-electron chi connectivity index (χ2n) is 5.52. The molecule has 0 aliphatic heterocycles. The topological polar surface area (TPSA) is 97.9 Å². The summed E-state index contributed by atoms with van der Waals surface area (Å²) in [6.45, 7) is 2.67. The number of pyridine rings is 1. The van der Waals surface area contributed by atoms with Gasteiger partial charge in [-0.1, -0.05) is 0 Å². The smallest absolute Gasteiger partial charge is 0.335 e. The number of methoxy groups -OCH3 is 1. The van der Waals surface area contributed by atoms with Crippen LogP contribution in [0, 0.1) is 0 Å². The molecule has 1 aromatic carbocycles. The summed E-state index contributed by atoms with van der Waals surface area (Å²) in [5.74, 6) is 1.15. The zero-order valence-corrected chi connectivity index (χ0v) is 15.0. The summed E-state index contributed by atoms with van der Waals surface area (Å²) in [6.07, 6.45) is 2.97. The van der Waals surface area contributed by atoms with Gasteiger partial charge in [-0.15, -0.1) is 0 Å². The van der Waals surface area contributed by atoms with Crippen molar-refractivity contribution in [2.24, 2.45) is 0 Å². The van der Waals surface area contributed by atoms with Gasteiger partial charge >= 0.3 is 5.97 Å². The first-order valence-electron chi connectivity index (χ1n) is 8.28. The third-order valence-electron chi connectivity index (χ3n) is 3.81. The molecule has 2 heterocycles. The summed E-state index contributed by atoms with van der Waals surface area (Å²) in [6, 6.07) is 10.1. The standard InChI is InChI=1S/C19H19N3O5/c1-3-26-18-16(25-2)8-9-17(21-18)22(11-15-10-20-12-27-15)14-6-4-13(5-7-14)19(23)24/h4-10,12H,3,11H2,1-2H3,(H,23,24). The van der Waals surface area contributed by atoms with Crippen molar-refractivity contribution in [3.8, 4) is 11.6 Å². The molecule has 0 atom stereocenters. The van der Waals surface area contributed by atoms with Gasteiger partial charge in [-0.25, -0.2) is 9.78 Å². The van der Waals surface area contributed by atoms with Gasteiger partial charge in [-0.2, -0.15) is 4.98 Å². The Hall–Kier alpha value is -3.55. The third-order valence-corrected chi connectivity index (χ3v) is 3.81. The minimum absolute atomic E-state index is 0.205. The number of oxazole rings is 1. The number of rotatable bonds is 8. The predicted octanol–water partition coefficient (Wildman–Crippen LogP) is 3.51. The van der Waals surface area contributed by atoms with Crippen LogP contribution in [0.15, 0.2) is 53.4 Å². The number of carboxylic acids is 1. The van der Waals surface area contributed by atoms with Crippen LogP contribution in [0.3, 0.4) is 0 Å². The Balaban J connectivity index is 2.01. The van der Waals surface area contributed by atoms with Crippen molar-refractivity contribution >= 4 is 17.5 Å². The van der Waals surface area contributed by atoms with E-state index in [0.29, 0.717) is 36.4 Å². The van der Waals surface area contributed by atoms with Crippen LogP contribution < -0.4 is 14.4 Å². The van der Waals surface area contributed by atoms with Gasteiger partial charge in [0.2, 0.25) is 0 Å². The van der Waals surface area contributed by atoms with E-state index in [1.807, 2.05) is 11.8 Å². The second-order valence-corrected chi connectivity index (χ2v) is 5.52. The first-order chi connectivity index (χ1) is 13.1. The van der Waals surface area contributed by atoms with Gasteiger partial charge in [-0.3, -0.25) is 0 Å². The van der Waals surface area contributed by atoms with E-state index in [-0.39, 0.29) is 5.56 Å². The maximum absolute atomic E-state index is 11.1. The molecule has 0 bridgehead atoms. The number of benzene rings is 1. The average Bonchev–Trinajstić information content (AvgIpc) is 3.20. The van der Waals surface area contributed by atoms with E-state index in [0.717, 1.165) is 5.69 Å². The van der Waals surface area contributed by atoms with Gasteiger partial charge in [0.25, 0.3) is 5.88 Å². The highest BCUT2D eigenvalue weighted by molar-refractivity contribution is 5.88. The lowest BCUT2D eigenvalue weighted by Crippen LogP contribution is -2.18. The normalized spacial score (nSPS) is 10.4. The van der Waals surface area contributed by atoms with Crippen molar-refractivity contribution in [1.29, 1.82) is 0 Å². The van der Waals surface area contributed by atoms with E-state index in [1.165, 1.54) is 18.5 Å². The average molecular weight is 369 g/mol. The summed E-state index contributed by atoms with van der Waals surface area (Å²) in [7, 11) is 1.55. The Morgan fingerprint density at radius 3 is 2.59 bits per heavy atom. The molecule has 0 fully saturated rings. The number of aromatic carboxylic acids is 1. The number of ether oxygens (including phenoxy) is 2. The fourth-order valence-electron chi connectivity index (χ4n) is 2.53. The quantitative estimate of drug-likeness (QED) is 0.644. The molecule has 0 spiro atoms. The molecule has 3 rings (SSSR count). The van der Waals surface area contributed by atoms with Gasteiger partial charge < -0.3 is 23.9 Å². The number of hydrogen-bond acceptors (Lipinski definition) is 7. The molecule has 2 aromatic heterocycles. The van der Waals surface area contributed by atoms with Crippen molar-refractivity contribution in [3.05, 3.63) is 60.3 Å². The summed E-state index contributed by atoms with van der Waals surface area (Å²) >= 11 is 0. The first-order valence-corrected chi connectivity index (χ1v) is 8.28. The summed E-state index contributed by atoms with van der Waals surface area (Å²) in [5.41, 5.74) is 0.951. The molecule has 27 heavy (non-hydrogen) atoms. The molecular weight excluding hydrogens is 350 g/mol. The lowest BCUT2D eigenvalue weighted by Gasteiger charge is -2.24. The number of anilines is 2. The van der Waals surface area contributed by atoms with Gasteiger partial charge in [0.15, 0.2) is 12.1 Å². The molecule has 8 nitrogen and oxygen atoms in total. The maximum atomic E-state index is 11.1. The molecule has 0 amide bonds. The van der Waals surface area contributed by atoms with Crippen molar-refractivity contribution < 1.29 is 23.8 Å². The molecule has 140 valence electrons. The van der Waals surface area contributed by atoms with Gasteiger partial charge in [0.05, 0.1) is 32.0 Å². The largest absolute Gasteiger partial charge is 0.491 e. The fraction of sp³-hybridized carbons (Fsp3) is 0.211. The molecule has 0 aliphatic rings. The third kappa shape index (κ3) is 4.17. The van der Waals surface area contributed by atoms with E-state index < -0.39 is 5.97 Å². The highest BCUT2D eigenvalue weighted by Gasteiger charge is 2.17. The number of aromatic nitrogens is 2. The molecule has 1 N–H and O–H groups in total. The Bertz CT molecular complexity index is 894. The Labute approximate surface area is 156 Å². The first kappa shape index (κ1) is 18.2. The zero-order chi connectivity index (χ0) is 19.2. The zero-order valence-electron chi connectivity index (χ0n) is 15.0. The van der Waals surface area contributed by atoms with Crippen molar-refractivity contribution in [2.45, 2.75) is 13.5 Å². The van der Waals surface area contributed by atoms with Crippen molar-refractivity contribution in [1.82, 2.24) is 9.97 Å². The molecule has 3 aromatic rings. The molecule has 0 aliphatic carbocycles. The molecular formula is C19H19N3O5.